The number of aromatic nitrogens is 2. The fourth-order valence-corrected chi connectivity index (χ4v) is 2.89. The Labute approximate surface area is 116 Å². The first-order valence-electron chi connectivity index (χ1n) is 6.83. The van der Waals surface area contributed by atoms with E-state index in [1.165, 1.54) is 0 Å². The van der Waals surface area contributed by atoms with E-state index in [4.69, 9.17) is 5.73 Å². The van der Waals surface area contributed by atoms with Crippen LogP contribution in [0.4, 0.5) is 0 Å². The second-order valence-electron chi connectivity index (χ2n) is 5.07. The van der Waals surface area contributed by atoms with Gasteiger partial charge in [-0.05, 0) is 25.1 Å². The second-order valence-corrected chi connectivity index (χ2v) is 5.07. The van der Waals surface area contributed by atoms with Crippen LogP contribution in [0.25, 0.3) is 11.0 Å². The van der Waals surface area contributed by atoms with Gasteiger partial charge in [0.25, 0.3) is 5.91 Å². The molecule has 1 aliphatic heterocycles. The first-order chi connectivity index (χ1) is 9.72. The minimum atomic E-state index is -0.472. The first-order valence-corrected chi connectivity index (χ1v) is 6.83. The summed E-state index contributed by atoms with van der Waals surface area (Å²) in [4.78, 5) is 16.2. The van der Waals surface area contributed by atoms with Gasteiger partial charge in [-0.3, -0.25) is 4.79 Å². The van der Waals surface area contributed by atoms with Crippen molar-refractivity contribution in [1.29, 1.82) is 0 Å². The summed E-state index contributed by atoms with van der Waals surface area (Å²) in [5.41, 5.74) is 7.35. The number of nitrogens with two attached hydrogens (primary N) is 1. The van der Waals surface area contributed by atoms with Crippen LogP contribution < -0.4 is 11.1 Å². The number of para-hydroxylation sites is 1. The number of nitrogens with zero attached hydrogens (tertiary/aromatic N) is 2. The van der Waals surface area contributed by atoms with Crippen molar-refractivity contribution in [2.45, 2.75) is 18.9 Å². The van der Waals surface area contributed by atoms with Crippen molar-refractivity contribution in [2.24, 2.45) is 5.73 Å². The lowest BCUT2D eigenvalue weighted by Gasteiger charge is -2.11. The smallest absolute Gasteiger partial charge is 0.250 e. The van der Waals surface area contributed by atoms with Crippen LogP contribution in [-0.2, 0) is 6.54 Å². The number of carbonyl (C=O) groups excluding carboxylic acids is 1. The quantitative estimate of drug-likeness (QED) is 0.742. The Balaban J connectivity index is 2.20. The summed E-state index contributed by atoms with van der Waals surface area (Å²) >= 11 is 0. The number of nitrogens with one attached hydrogen (secondary N) is 1. The molecule has 3 rings (SSSR count). The van der Waals surface area contributed by atoms with E-state index in [2.05, 4.69) is 10.3 Å². The molecule has 0 bridgehead atoms. The van der Waals surface area contributed by atoms with E-state index in [9.17, 15) is 9.90 Å². The van der Waals surface area contributed by atoms with Crippen LogP contribution in [0.5, 0.6) is 0 Å². The van der Waals surface area contributed by atoms with Gasteiger partial charge in [0, 0.05) is 19.0 Å². The van der Waals surface area contributed by atoms with E-state index in [0.717, 1.165) is 30.9 Å². The van der Waals surface area contributed by atoms with Crippen LogP contribution in [0.15, 0.2) is 18.2 Å². The zero-order valence-electron chi connectivity index (χ0n) is 11.2. The fraction of sp³-hybridized carbons (Fsp3) is 0.429. The number of hydrogen-bond donors (Lipinski definition) is 3. The van der Waals surface area contributed by atoms with Gasteiger partial charge in [0.15, 0.2) is 0 Å². The molecule has 106 valence electrons. The Morgan fingerprint density at radius 1 is 1.55 bits per heavy atom. The summed E-state index contributed by atoms with van der Waals surface area (Å²) in [6, 6.07) is 5.41. The third-order valence-corrected chi connectivity index (χ3v) is 3.82. The van der Waals surface area contributed by atoms with Crippen LogP contribution in [0.3, 0.4) is 0 Å². The van der Waals surface area contributed by atoms with E-state index < -0.39 is 5.91 Å². The van der Waals surface area contributed by atoms with Gasteiger partial charge in [-0.15, -0.1) is 0 Å². The highest BCUT2D eigenvalue weighted by Crippen LogP contribution is 2.27. The average Bonchev–Trinajstić information content (AvgIpc) is 3.06. The van der Waals surface area contributed by atoms with E-state index in [1.807, 2.05) is 10.6 Å². The second kappa shape index (κ2) is 5.22. The molecule has 1 aliphatic rings. The topological polar surface area (TPSA) is 93.2 Å². The number of benzene rings is 1. The highest BCUT2D eigenvalue weighted by Gasteiger charge is 2.24. The monoisotopic (exact) mass is 274 g/mol. The Morgan fingerprint density at radius 2 is 2.40 bits per heavy atom. The molecule has 4 N–H and O–H groups in total. The molecule has 0 spiro atoms. The molecule has 1 atom stereocenters. The Kier molecular flexibility index (Phi) is 3.42. The molecule has 0 aliphatic carbocycles. The summed E-state index contributed by atoms with van der Waals surface area (Å²) in [5.74, 6) is 0.766. The van der Waals surface area contributed by atoms with Gasteiger partial charge >= 0.3 is 0 Å². The molecule has 1 unspecified atom stereocenters. The highest BCUT2D eigenvalue weighted by molar-refractivity contribution is 6.04. The van der Waals surface area contributed by atoms with Gasteiger partial charge < -0.3 is 20.7 Å². The molecule has 0 saturated carbocycles. The van der Waals surface area contributed by atoms with Crippen molar-refractivity contribution in [1.82, 2.24) is 14.9 Å². The number of carbonyl (C=O) groups is 1. The molecule has 6 nitrogen and oxygen atoms in total. The van der Waals surface area contributed by atoms with Crippen LogP contribution >= 0.6 is 0 Å². The number of aliphatic hydroxyl groups is 1. The van der Waals surface area contributed by atoms with E-state index >= 15 is 0 Å². The maximum absolute atomic E-state index is 11.5. The summed E-state index contributed by atoms with van der Waals surface area (Å²) in [7, 11) is 0. The summed E-state index contributed by atoms with van der Waals surface area (Å²) < 4.78 is 2.00. The number of primary amides is 1. The number of imidazole rings is 1. The predicted molar refractivity (Wildman–Crippen MR) is 75.6 cm³/mol. The molecule has 0 radical (unpaired) electrons. The molecule has 1 aromatic heterocycles. The summed E-state index contributed by atoms with van der Waals surface area (Å²) in [6.07, 6.45) is 1.01. The maximum Gasteiger partial charge on any atom is 0.250 e. The van der Waals surface area contributed by atoms with Crippen LogP contribution in [0, 0.1) is 0 Å². The molecule has 1 aromatic carbocycles. The van der Waals surface area contributed by atoms with Crippen molar-refractivity contribution in [3.8, 4) is 0 Å². The molecule has 6 heteroatoms. The van der Waals surface area contributed by atoms with Gasteiger partial charge in [0.05, 0.1) is 17.7 Å². The van der Waals surface area contributed by atoms with Gasteiger partial charge in [0.2, 0.25) is 0 Å². The fourth-order valence-electron chi connectivity index (χ4n) is 2.89. The normalized spacial score (nSPS) is 18.8. The maximum atomic E-state index is 11.5. The SMILES string of the molecule is NC(=O)c1cccc2c1nc(C1CCNC1)n2CCO. The van der Waals surface area contributed by atoms with Crippen molar-refractivity contribution in [2.75, 3.05) is 19.7 Å². The van der Waals surface area contributed by atoms with Crippen LogP contribution in [0.1, 0.15) is 28.5 Å². The number of amides is 1. The molecule has 1 saturated heterocycles. The molecule has 1 fully saturated rings. The van der Waals surface area contributed by atoms with Crippen molar-refractivity contribution in [3.63, 3.8) is 0 Å². The third-order valence-electron chi connectivity index (χ3n) is 3.82. The molecular weight excluding hydrogens is 256 g/mol. The summed E-state index contributed by atoms with van der Waals surface area (Å²) in [5, 5.41) is 12.6. The number of fused-ring (bicyclic) bond motifs is 1. The minimum Gasteiger partial charge on any atom is -0.395 e. The predicted octanol–water partition coefficient (Wildman–Crippen LogP) is 0.204. The standard InChI is InChI=1S/C14H18N4O2/c15-13(20)10-2-1-3-11-12(10)17-14(18(11)6-7-19)9-4-5-16-8-9/h1-3,9,16,19H,4-8H2,(H2,15,20). The van der Waals surface area contributed by atoms with E-state index in [-0.39, 0.29) is 6.61 Å². The van der Waals surface area contributed by atoms with Gasteiger partial charge in [-0.1, -0.05) is 6.07 Å². The lowest BCUT2D eigenvalue weighted by Crippen LogP contribution is -2.14. The lowest BCUT2D eigenvalue weighted by molar-refractivity contribution is 0.100. The highest BCUT2D eigenvalue weighted by atomic mass is 16.3. The number of hydrogen-bond acceptors (Lipinski definition) is 4. The van der Waals surface area contributed by atoms with Gasteiger partial charge in [-0.2, -0.15) is 0 Å². The van der Waals surface area contributed by atoms with Crippen molar-refractivity contribution in [3.05, 3.63) is 29.6 Å². The van der Waals surface area contributed by atoms with E-state index in [1.54, 1.807) is 12.1 Å². The zero-order valence-corrected chi connectivity index (χ0v) is 11.2. The third kappa shape index (κ3) is 2.07. The Bertz CT molecular complexity index is 644. The Hall–Kier alpha value is -1.92. The molecular formula is C14H18N4O2. The molecule has 2 heterocycles. The van der Waals surface area contributed by atoms with Crippen LogP contribution in [-0.4, -0.2) is 40.3 Å². The molecule has 2 aromatic rings. The van der Waals surface area contributed by atoms with E-state index in [0.29, 0.717) is 23.5 Å². The van der Waals surface area contributed by atoms with Crippen LogP contribution in [0.2, 0.25) is 0 Å². The van der Waals surface area contributed by atoms with Gasteiger partial charge in [-0.25, -0.2) is 4.98 Å². The molecule has 1 amide bonds. The zero-order chi connectivity index (χ0) is 14.1. The summed E-state index contributed by atoms with van der Waals surface area (Å²) in [6.45, 7) is 2.36. The minimum absolute atomic E-state index is 0.0411. The largest absolute Gasteiger partial charge is 0.395 e. The van der Waals surface area contributed by atoms with Gasteiger partial charge in [0.1, 0.15) is 11.3 Å². The number of aliphatic hydroxyl groups excluding tert-OH is 1. The average molecular weight is 274 g/mol. The number of rotatable bonds is 4. The first kappa shape index (κ1) is 13.1. The Morgan fingerprint density at radius 3 is 3.05 bits per heavy atom. The molecule has 20 heavy (non-hydrogen) atoms. The lowest BCUT2D eigenvalue weighted by atomic mass is 10.1. The van der Waals surface area contributed by atoms with Crippen molar-refractivity contribution >= 4 is 16.9 Å². The van der Waals surface area contributed by atoms with Crippen molar-refractivity contribution < 1.29 is 9.90 Å².